The number of carbonyl (C=O) groups excluding carboxylic acids is 1. The maximum Gasteiger partial charge on any atom is 0.170 e. The minimum atomic E-state index is -0.369. The Morgan fingerprint density at radius 1 is 1.33 bits per heavy atom. The number of ether oxygens (including phenoxy) is 2. The van der Waals surface area contributed by atoms with Gasteiger partial charge in [0.25, 0.3) is 0 Å². The quantitative estimate of drug-likeness (QED) is 0.826. The molecule has 0 aromatic heterocycles. The van der Waals surface area contributed by atoms with Crippen LogP contribution in [0.4, 0.5) is 4.39 Å². The molecule has 1 fully saturated rings. The van der Waals surface area contributed by atoms with Crippen molar-refractivity contribution in [1.29, 1.82) is 0 Å². The predicted molar refractivity (Wildman–Crippen MR) is 65.0 cm³/mol. The van der Waals surface area contributed by atoms with E-state index in [-0.39, 0.29) is 24.3 Å². The second-order valence-corrected chi connectivity index (χ2v) is 4.48. The maximum atomic E-state index is 13.8. The summed E-state index contributed by atoms with van der Waals surface area (Å²) in [6, 6.07) is 5.01. The zero-order chi connectivity index (χ0) is 13.0. The molecule has 3 nitrogen and oxygen atoms in total. The Bertz CT molecular complexity index is 421. The molecule has 1 aromatic rings. The minimum absolute atomic E-state index is 0.0632. The third-order valence-corrected chi connectivity index (χ3v) is 3.23. The van der Waals surface area contributed by atoms with E-state index in [0.717, 1.165) is 12.8 Å². The highest BCUT2D eigenvalue weighted by atomic mass is 19.1. The minimum Gasteiger partial charge on any atom is -0.494 e. The van der Waals surface area contributed by atoms with Crippen LogP contribution in [-0.2, 0) is 16.1 Å². The molecule has 1 saturated carbocycles. The highest BCUT2D eigenvalue weighted by Crippen LogP contribution is 2.23. The second kappa shape index (κ2) is 5.96. The zero-order valence-corrected chi connectivity index (χ0v) is 10.4. The Morgan fingerprint density at radius 2 is 2.06 bits per heavy atom. The molecule has 98 valence electrons. The van der Waals surface area contributed by atoms with Gasteiger partial charge in [-0.25, -0.2) is 4.39 Å². The van der Waals surface area contributed by atoms with Gasteiger partial charge in [-0.2, -0.15) is 0 Å². The normalized spacial score (nSPS) is 16.9. The summed E-state index contributed by atoms with van der Waals surface area (Å²) in [6.45, 7) is 0.224. The van der Waals surface area contributed by atoms with Gasteiger partial charge >= 0.3 is 0 Å². The van der Waals surface area contributed by atoms with E-state index in [9.17, 15) is 9.18 Å². The third kappa shape index (κ3) is 3.07. The Balaban J connectivity index is 1.92. The van der Waals surface area contributed by atoms with Crippen LogP contribution in [-0.4, -0.2) is 19.0 Å². The zero-order valence-electron chi connectivity index (χ0n) is 10.4. The van der Waals surface area contributed by atoms with Crippen LogP contribution in [0.1, 0.15) is 31.2 Å². The van der Waals surface area contributed by atoms with E-state index in [1.165, 1.54) is 7.11 Å². The summed E-state index contributed by atoms with van der Waals surface area (Å²) in [6.07, 6.45) is 2.69. The lowest BCUT2D eigenvalue weighted by Crippen LogP contribution is -2.21. The fourth-order valence-electron chi connectivity index (χ4n) is 2.11. The number of hydrogen-bond donors (Lipinski definition) is 0. The van der Waals surface area contributed by atoms with Gasteiger partial charge in [-0.3, -0.25) is 4.79 Å². The molecule has 0 aliphatic heterocycles. The topological polar surface area (TPSA) is 35.5 Å². The average molecular weight is 252 g/mol. The Morgan fingerprint density at radius 3 is 2.72 bits per heavy atom. The van der Waals surface area contributed by atoms with Crippen molar-refractivity contribution in [2.45, 2.75) is 38.4 Å². The van der Waals surface area contributed by atoms with Gasteiger partial charge in [0.05, 0.1) is 19.8 Å². The molecule has 1 aliphatic carbocycles. The van der Waals surface area contributed by atoms with E-state index >= 15 is 0 Å². The van der Waals surface area contributed by atoms with Crippen molar-refractivity contribution in [3.63, 3.8) is 0 Å². The number of Topliss-reactive ketones (excluding diaryl/α,β-unsaturated/α-hetero) is 1. The van der Waals surface area contributed by atoms with E-state index in [1.807, 2.05) is 0 Å². The summed E-state index contributed by atoms with van der Waals surface area (Å²) < 4.78 is 24.4. The van der Waals surface area contributed by atoms with Crippen LogP contribution >= 0.6 is 0 Å². The number of hydrogen-bond acceptors (Lipinski definition) is 3. The molecule has 0 radical (unpaired) electrons. The van der Waals surface area contributed by atoms with Crippen molar-refractivity contribution in [2.24, 2.45) is 0 Å². The first-order chi connectivity index (χ1) is 8.70. The van der Waals surface area contributed by atoms with Crippen LogP contribution in [0.2, 0.25) is 0 Å². The Hall–Kier alpha value is -1.42. The lowest BCUT2D eigenvalue weighted by Gasteiger charge is -2.21. The van der Waals surface area contributed by atoms with E-state index in [1.54, 1.807) is 18.2 Å². The molecule has 0 heterocycles. The molecule has 0 atom stereocenters. The molecule has 18 heavy (non-hydrogen) atoms. The number of rotatable bonds is 4. The molecule has 2 rings (SSSR count). The van der Waals surface area contributed by atoms with Gasteiger partial charge in [-0.05, 0) is 18.9 Å². The number of halogens is 1. The summed E-state index contributed by atoms with van der Waals surface area (Å²) in [4.78, 5) is 11.1. The second-order valence-electron chi connectivity index (χ2n) is 4.48. The van der Waals surface area contributed by atoms with E-state index in [0.29, 0.717) is 24.2 Å². The Labute approximate surface area is 106 Å². The number of carbonyl (C=O) groups is 1. The van der Waals surface area contributed by atoms with E-state index < -0.39 is 0 Å². The number of ketones is 1. The van der Waals surface area contributed by atoms with Crippen molar-refractivity contribution in [2.75, 3.05) is 7.11 Å². The molecule has 0 amide bonds. The van der Waals surface area contributed by atoms with Crippen LogP contribution in [0, 0.1) is 5.82 Å². The van der Waals surface area contributed by atoms with Crippen molar-refractivity contribution in [3.8, 4) is 5.75 Å². The van der Waals surface area contributed by atoms with Gasteiger partial charge in [-0.1, -0.05) is 12.1 Å². The highest BCUT2D eigenvalue weighted by molar-refractivity contribution is 5.79. The summed E-state index contributed by atoms with van der Waals surface area (Å²) >= 11 is 0. The molecule has 0 bridgehead atoms. The first-order valence-corrected chi connectivity index (χ1v) is 6.15. The molecule has 4 heteroatoms. The summed E-state index contributed by atoms with van der Waals surface area (Å²) in [5.41, 5.74) is 0.492. The number of benzene rings is 1. The maximum absolute atomic E-state index is 13.8. The fraction of sp³-hybridized carbons (Fsp3) is 0.500. The van der Waals surface area contributed by atoms with Crippen molar-refractivity contribution >= 4 is 5.78 Å². The third-order valence-electron chi connectivity index (χ3n) is 3.23. The monoisotopic (exact) mass is 252 g/mol. The van der Waals surface area contributed by atoms with Gasteiger partial charge in [0.1, 0.15) is 5.78 Å². The summed E-state index contributed by atoms with van der Waals surface area (Å²) in [5, 5.41) is 0. The summed E-state index contributed by atoms with van der Waals surface area (Å²) in [5.74, 6) is 0.157. The van der Waals surface area contributed by atoms with Crippen molar-refractivity contribution in [3.05, 3.63) is 29.6 Å². The van der Waals surface area contributed by atoms with E-state index in [2.05, 4.69) is 0 Å². The molecular formula is C14H17FO3. The van der Waals surface area contributed by atoms with Crippen LogP contribution < -0.4 is 4.74 Å². The van der Waals surface area contributed by atoms with Crippen molar-refractivity contribution < 1.29 is 18.7 Å². The van der Waals surface area contributed by atoms with Crippen molar-refractivity contribution in [1.82, 2.24) is 0 Å². The predicted octanol–water partition coefficient (Wildman–Crippen LogP) is 2.86. The first-order valence-electron chi connectivity index (χ1n) is 6.15. The number of methoxy groups -OCH3 is 1. The van der Waals surface area contributed by atoms with Crippen LogP contribution in [0.15, 0.2) is 18.2 Å². The van der Waals surface area contributed by atoms with Crippen LogP contribution in [0.3, 0.4) is 0 Å². The molecule has 0 spiro atoms. The molecule has 0 saturated heterocycles. The average Bonchev–Trinajstić information content (AvgIpc) is 2.39. The van der Waals surface area contributed by atoms with Gasteiger partial charge in [-0.15, -0.1) is 0 Å². The molecule has 0 N–H and O–H groups in total. The lowest BCUT2D eigenvalue weighted by molar-refractivity contribution is -0.123. The highest BCUT2D eigenvalue weighted by Gasteiger charge is 2.19. The molecule has 1 aromatic carbocycles. The van der Waals surface area contributed by atoms with Gasteiger partial charge in [0.2, 0.25) is 0 Å². The van der Waals surface area contributed by atoms with Crippen LogP contribution in [0.5, 0.6) is 5.75 Å². The standard InChI is InChI=1S/C14H17FO3/c1-17-13-4-2-3-10(14(13)15)9-18-12-7-5-11(16)6-8-12/h2-4,12H,5-9H2,1H3. The lowest BCUT2D eigenvalue weighted by atomic mass is 9.96. The van der Waals surface area contributed by atoms with Gasteiger partial charge in [0.15, 0.2) is 11.6 Å². The fourth-order valence-corrected chi connectivity index (χ4v) is 2.11. The van der Waals surface area contributed by atoms with E-state index in [4.69, 9.17) is 9.47 Å². The molecule has 0 unspecified atom stereocenters. The van der Waals surface area contributed by atoms with Gasteiger partial charge in [0, 0.05) is 18.4 Å². The molecule has 1 aliphatic rings. The first kappa shape index (κ1) is 13.0. The summed E-state index contributed by atoms with van der Waals surface area (Å²) in [7, 11) is 1.44. The Kier molecular flexibility index (Phi) is 4.31. The van der Waals surface area contributed by atoms with Crippen LogP contribution in [0.25, 0.3) is 0 Å². The van der Waals surface area contributed by atoms with Gasteiger partial charge < -0.3 is 9.47 Å². The largest absolute Gasteiger partial charge is 0.494 e. The molecular weight excluding hydrogens is 235 g/mol. The SMILES string of the molecule is COc1cccc(COC2CCC(=O)CC2)c1F. The smallest absolute Gasteiger partial charge is 0.170 e.